The van der Waals surface area contributed by atoms with Crippen molar-refractivity contribution in [3.8, 4) is 0 Å². The normalized spacial score (nSPS) is 11.8. The van der Waals surface area contributed by atoms with Crippen molar-refractivity contribution < 1.29 is 0 Å². The van der Waals surface area contributed by atoms with E-state index in [1.165, 1.54) is 16.3 Å². The maximum atomic E-state index is 3.59. The number of rotatable bonds is 0. The van der Waals surface area contributed by atoms with Crippen molar-refractivity contribution in [1.29, 1.82) is 0 Å². The Kier molecular flexibility index (Phi) is 2.43. The van der Waals surface area contributed by atoms with Crippen molar-refractivity contribution >= 4 is 15.4 Å². The summed E-state index contributed by atoms with van der Waals surface area (Å²) in [6.07, 6.45) is 0. The van der Waals surface area contributed by atoms with Gasteiger partial charge >= 0.3 is 0 Å². The zero-order chi connectivity index (χ0) is 9.35. The summed E-state index contributed by atoms with van der Waals surface area (Å²) in [6.45, 7) is 8.87. The highest BCUT2D eigenvalue weighted by Gasteiger charge is 2.15. The lowest BCUT2D eigenvalue weighted by Gasteiger charge is -2.22. The summed E-state index contributed by atoms with van der Waals surface area (Å²) in [7, 11) is 3.59. The molecule has 0 saturated heterocycles. The van der Waals surface area contributed by atoms with E-state index < -0.39 is 0 Å². The van der Waals surface area contributed by atoms with Gasteiger partial charge in [0.25, 0.3) is 0 Å². The van der Waals surface area contributed by atoms with Gasteiger partial charge in [0.1, 0.15) is 0 Å². The van der Waals surface area contributed by atoms with Gasteiger partial charge in [0, 0.05) is 0 Å². The van der Waals surface area contributed by atoms with Crippen molar-refractivity contribution in [3.05, 3.63) is 29.3 Å². The molecule has 0 unspecified atom stereocenters. The fourth-order valence-electron chi connectivity index (χ4n) is 1.45. The Morgan fingerprint density at radius 1 is 1.17 bits per heavy atom. The van der Waals surface area contributed by atoms with Gasteiger partial charge in [0.2, 0.25) is 0 Å². The first kappa shape index (κ1) is 9.52. The van der Waals surface area contributed by atoms with Gasteiger partial charge in [-0.05, 0) is 23.5 Å². The van der Waals surface area contributed by atoms with Crippen molar-refractivity contribution in [3.63, 3.8) is 0 Å². The third-order valence-electron chi connectivity index (χ3n) is 2.14. The Labute approximate surface area is 78.4 Å². The molecule has 0 heterocycles. The minimum Gasteiger partial charge on any atom is -0.0642 e. The standard InChI is InChI=1S/C11H15Si/c1-8-9(11(2,3)4)6-5-7-10(8)12/h5-7H,1-4H3. The van der Waals surface area contributed by atoms with Crippen LogP contribution in [0.25, 0.3) is 0 Å². The molecule has 0 aromatic heterocycles. The van der Waals surface area contributed by atoms with Crippen LogP contribution in [0.15, 0.2) is 18.2 Å². The fraction of sp³-hybridized carbons (Fsp3) is 0.455. The lowest BCUT2D eigenvalue weighted by molar-refractivity contribution is 0.587. The smallest absolute Gasteiger partial charge is 0.0642 e. The van der Waals surface area contributed by atoms with Gasteiger partial charge in [-0.2, -0.15) is 0 Å². The predicted octanol–water partition coefficient (Wildman–Crippen LogP) is 2.09. The van der Waals surface area contributed by atoms with Gasteiger partial charge < -0.3 is 0 Å². The van der Waals surface area contributed by atoms with E-state index in [2.05, 4.69) is 56.1 Å². The minimum atomic E-state index is 0.243. The quantitative estimate of drug-likeness (QED) is 0.530. The van der Waals surface area contributed by atoms with E-state index in [4.69, 9.17) is 0 Å². The highest BCUT2D eigenvalue weighted by atomic mass is 28.1. The molecule has 0 nitrogen and oxygen atoms in total. The van der Waals surface area contributed by atoms with Crippen LogP contribution >= 0.6 is 0 Å². The van der Waals surface area contributed by atoms with Crippen molar-refractivity contribution in [2.24, 2.45) is 0 Å². The monoisotopic (exact) mass is 175 g/mol. The van der Waals surface area contributed by atoms with Crippen LogP contribution in [0.2, 0.25) is 0 Å². The summed E-state index contributed by atoms with van der Waals surface area (Å²) in [5.41, 5.74) is 3.00. The molecule has 0 amide bonds. The topological polar surface area (TPSA) is 0 Å². The third kappa shape index (κ3) is 1.78. The second kappa shape index (κ2) is 3.06. The number of hydrogen-bond donors (Lipinski definition) is 0. The molecule has 63 valence electrons. The molecule has 0 N–H and O–H groups in total. The third-order valence-corrected chi connectivity index (χ3v) is 2.68. The van der Waals surface area contributed by atoms with Gasteiger partial charge in [-0.25, -0.2) is 0 Å². The van der Waals surface area contributed by atoms with E-state index >= 15 is 0 Å². The predicted molar refractivity (Wildman–Crippen MR) is 55.3 cm³/mol. The Bertz CT molecular complexity index is 282. The van der Waals surface area contributed by atoms with E-state index in [1.54, 1.807) is 0 Å². The van der Waals surface area contributed by atoms with Crippen molar-refractivity contribution in [2.45, 2.75) is 33.1 Å². The molecular formula is C11H15Si. The summed E-state index contributed by atoms with van der Waals surface area (Å²) in [4.78, 5) is 0. The van der Waals surface area contributed by atoms with Crippen LogP contribution in [0, 0.1) is 6.92 Å². The van der Waals surface area contributed by atoms with Gasteiger partial charge in [-0.3, -0.25) is 0 Å². The molecule has 1 aromatic carbocycles. The van der Waals surface area contributed by atoms with E-state index in [-0.39, 0.29) is 5.41 Å². The van der Waals surface area contributed by atoms with Crippen molar-refractivity contribution in [2.75, 3.05) is 0 Å². The molecule has 1 rings (SSSR count). The summed E-state index contributed by atoms with van der Waals surface area (Å²) in [5, 5.41) is 1.20. The molecule has 1 aromatic rings. The summed E-state index contributed by atoms with van der Waals surface area (Å²) < 4.78 is 0. The average molecular weight is 175 g/mol. The summed E-state index contributed by atoms with van der Waals surface area (Å²) >= 11 is 0. The van der Waals surface area contributed by atoms with Gasteiger partial charge in [0.05, 0.1) is 10.2 Å². The number of hydrogen-bond acceptors (Lipinski definition) is 0. The number of benzene rings is 1. The molecule has 0 spiro atoms. The molecule has 0 aliphatic heterocycles. The van der Waals surface area contributed by atoms with E-state index in [0.717, 1.165) is 0 Å². The zero-order valence-corrected chi connectivity index (χ0v) is 9.23. The molecular weight excluding hydrogens is 160 g/mol. The zero-order valence-electron chi connectivity index (χ0n) is 8.23. The molecule has 0 aliphatic carbocycles. The highest BCUT2D eigenvalue weighted by Crippen LogP contribution is 2.23. The first-order valence-electron chi connectivity index (χ1n) is 4.24. The van der Waals surface area contributed by atoms with Gasteiger partial charge in [-0.15, -0.1) is 0 Å². The Hall–Kier alpha value is -0.563. The Balaban J connectivity index is 3.26. The van der Waals surface area contributed by atoms with E-state index in [9.17, 15) is 0 Å². The van der Waals surface area contributed by atoms with Crippen molar-refractivity contribution in [1.82, 2.24) is 0 Å². The van der Waals surface area contributed by atoms with Crippen LogP contribution < -0.4 is 5.19 Å². The second-order valence-corrected chi connectivity index (χ2v) is 4.77. The summed E-state index contributed by atoms with van der Waals surface area (Å²) in [5.74, 6) is 0. The first-order chi connectivity index (χ1) is 5.43. The van der Waals surface area contributed by atoms with Crippen LogP contribution in [0.5, 0.6) is 0 Å². The molecule has 0 atom stereocenters. The second-order valence-electron chi connectivity index (χ2n) is 4.23. The lowest BCUT2D eigenvalue weighted by Crippen LogP contribution is -2.19. The van der Waals surface area contributed by atoms with Gasteiger partial charge in [-0.1, -0.05) is 44.2 Å². The molecule has 0 saturated carbocycles. The summed E-state index contributed by atoms with van der Waals surface area (Å²) in [6, 6.07) is 6.37. The maximum Gasteiger partial charge on any atom is 0.0715 e. The fourth-order valence-corrected chi connectivity index (χ4v) is 1.68. The lowest BCUT2D eigenvalue weighted by atomic mass is 9.84. The first-order valence-corrected chi connectivity index (χ1v) is 4.74. The molecule has 0 aliphatic rings. The van der Waals surface area contributed by atoms with Crippen LogP contribution in [0.3, 0.4) is 0 Å². The van der Waals surface area contributed by atoms with E-state index in [0.29, 0.717) is 0 Å². The van der Waals surface area contributed by atoms with Crippen LogP contribution in [0.4, 0.5) is 0 Å². The molecule has 12 heavy (non-hydrogen) atoms. The minimum absolute atomic E-state index is 0.243. The van der Waals surface area contributed by atoms with Gasteiger partial charge in [0.15, 0.2) is 0 Å². The molecule has 1 heteroatoms. The highest BCUT2D eigenvalue weighted by molar-refractivity contribution is 6.33. The SMILES string of the molecule is Cc1c([Si])cccc1C(C)(C)C. The average Bonchev–Trinajstić information content (AvgIpc) is 1.92. The largest absolute Gasteiger partial charge is 0.0715 e. The molecule has 3 radical (unpaired) electrons. The van der Waals surface area contributed by atoms with Crippen LogP contribution in [0.1, 0.15) is 31.9 Å². The van der Waals surface area contributed by atoms with Crippen LogP contribution in [-0.4, -0.2) is 10.2 Å². The van der Waals surface area contributed by atoms with Crippen LogP contribution in [-0.2, 0) is 5.41 Å². The Morgan fingerprint density at radius 3 is 2.17 bits per heavy atom. The molecule has 0 fully saturated rings. The molecule has 0 bridgehead atoms. The Morgan fingerprint density at radius 2 is 1.75 bits per heavy atom. The maximum absolute atomic E-state index is 3.59. The van der Waals surface area contributed by atoms with E-state index in [1.807, 2.05) is 0 Å².